The maximum absolute atomic E-state index is 4.53. The van der Waals surface area contributed by atoms with Crippen molar-refractivity contribution < 1.29 is 0 Å². The van der Waals surface area contributed by atoms with Gasteiger partial charge in [0.25, 0.3) is 0 Å². The van der Waals surface area contributed by atoms with Gasteiger partial charge < -0.3 is 4.57 Å². The van der Waals surface area contributed by atoms with Gasteiger partial charge in [-0.05, 0) is 42.9 Å². The molecule has 2 heteroatoms. The number of nitrogens with zero attached hydrogens (tertiary/aromatic N) is 2. The maximum Gasteiger partial charge on any atom is 0.140 e. The smallest absolute Gasteiger partial charge is 0.140 e. The minimum absolute atomic E-state index is 0.577. The second-order valence-electron chi connectivity index (χ2n) is 5.19. The second-order valence-corrected chi connectivity index (χ2v) is 5.19. The van der Waals surface area contributed by atoms with Crippen LogP contribution in [0.4, 0.5) is 0 Å². The first kappa shape index (κ1) is 9.88. The summed E-state index contributed by atoms with van der Waals surface area (Å²) in [5.41, 5.74) is 2.60. The molecule has 1 fully saturated rings. The highest BCUT2D eigenvalue weighted by atomic mass is 15.1. The Labute approximate surface area is 96.3 Å². The lowest BCUT2D eigenvalue weighted by molar-refractivity contribution is 0.598. The van der Waals surface area contributed by atoms with Crippen LogP contribution in [0.3, 0.4) is 0 Å². The van der Waals surface area contributed by atoms with E-state index in [1.807, 2.05) is 12.3 Å². The molecule has 1 aliphatic rings. The molecule has 0 atom stereocenters. The molecule has 0 aliphatic heterocycles. The van der Waals surface area contributed by atoms with Gasteiger partial charge >= 0.3 is 0 Å². The highest BCUT2D eigenvalue weighted by Crippen LogP contribution is 2.34. The molecule has 84 valence electrons. The zero-order valence-corrected chi connectivity index (χ0v) is 9.98. The molecule has 1 saturated carbocycles. The molecule has 2 nitrogen and oxygen atoms in total. The Bertz CT molecular complexity index is 506. The van der Waals surface area contributed by atoms with Gasteiger partial charge in [0.2, 0.25) is 0 Å². The van der Waals surface area contributed by atoms with E-state index in [1.165, 1.54) is 23.9 Å². The number of rotatable bonds is 3. The van der Waals surface area contributed by atoms with Crippen LogP contribution in [-0.4, -0.2) is 9.55 Å². The van der Waals surface area contributed by atoms with E-state index >= 15 is 0 Å². The Kier molecular flexibility index (Phi) is 2.23. The van der Waals surface area contributed by atoms with Crippen LogP contribution in [0.5, 0.6) is 0 Å². The topological polar surface area (TPSA) is 17.8 Å². The van der Waals surface area contributed by atoms with Gasteiger partial charge in [-0.3, -0.25) is 0 Å². The number of pyridine rings is 1. The van der Waals surface area contributed by atoms with Crippen molar-refractivity contribution in [2.45, 2.75) is 39.2 Å². The van der Waals surface area contributed by atoms with Crippen LogP contribution in [-0.2, 0) is 6.54 Å². The SMILES string of the molecule is CC(C)c1cc2cccnc2n1CC1CC1. The van der Waals surface area contributed by atoms with E-state index in [0.717, 1.165) is 18.1 Å². The predicted molar refractivity (Wildman–Crippen MR) is 66.5 cm³/mol. The lowest BCUT2D eigenvalue weighted by Crippen LogP contribution is -2.06. The molecule has 0 amide bonds. The minimum atomic E-state index is 0.577. The van der Waals surface area contributed by atoms with Gasteiger partial charge in [-0.1, -0.05) is 13.8 Å². The average Bonchev–Trinajstić information content (AvgIpc) is 3.00. The van der Waals surface area contributed by atoms with Crippen LogP contribution in [0.25, 0.3) is 11.0 Å². The molecule has 0 N–H and O–H groups in total. The Balaban J connectivity index is 2.14. The molecule has 0 spiro atoms. The Morgan fingerprint density at radius 2 is 2.25 bits per heavy atom. The molecule has 0 unspecified atom stereocenters. The molecule has 3 rings (SSSR count). The molecular formula is C14H18N2. The zero-order chi connectivity index (χ0) is 11.1. The van der Waals surface area contributed by atoms with E-state index in [0.29, 0.717) is 5.92 Å². The Morgan fingerprint density at radius 3 is 2.94 bits per heavy atom. The van der Waals surface area contributed by atoms with Crippen molar-refractivity contribution in [2.24, 2.45) is 5.92 Å². The number of aromatic nitrogens is 2. The fraction of sp³-hybridized carbons (Fsp3) is 0.500. The van der Waals surface area contributed by atoms with Crippen LogP contribution in [0.15, 0.2) is 24.4 Å². The number of fused-ring (bicyclic) bond motifs is 1. The molecule has 0 aromatic carbocycles. The molecular weight excluding hydrogens is 196 g/mol. The number of hydrogen-bond acceptors (Lipinski definition) is 1. The second kappa shape index (κ2) is 3.62. The first-order valence-electron chi connectivity index (χ1n) is 6.20. The Morgan fingerprint density at radius 1 is 1.44 bits per heavy atom. The first-order valence-corrected chi connectivity index (χ1v) is 6.20. The molecule has 2 aromatic heterocycles. The van der Waals surface area contributed by atoms with E-state index in [-0.39, 0.29) is 0 Å². The monoisotopic (exact) mass is 214 g/mol. The van der Waals surface area contributed by atoms with E-state index in [9.17, 15) is 0 Å². The summed E-state index contributed by atoms with van der Waals surface area (Å²) in [4.78, 5) is 4.53. The van der Waals surface area contributed by atoms with Gasteiger partial charge in [0.05, 0.1) is 0 Å². The molecule has 16 heavy (non-hydrogen) atoms. The van der Waals surface area contributed by atoms with E-state index in [4.69, 9.17) is 0 Å². The third-order valence-corrected chi connectivity index (χ3v) is 3.42. The van der Waals surface area contributed by atoms with Crippen molar-refractivity contribution in [2.75, 3.05) is 0 Å². The molecule has 2 heterocycles. The summed E-state index contributed by atoms with van der Waals surface area (Å²) in [5.74, 6) is 1.48. The van der Waals surface area contributed by atoms with E-state index in [1.54, 1.807) is 0 Å². The summed E-state index contributed by atoms with van der Waals surface area (Å²) in [6.07, 6.45) is 4.68. The van der Waals surface area contributed by atoms with Crippen molar-refractivity contribution in [1.29, 1.82) is 0 Å². The zero-order valence-electron chi connectivity index (χ0n) is 9.98. The summed E-state index contributed by atoms with van der Waals surface area (Å²) in [5, 5.41) is 1.28. The standard InChI is InChI=1S/C14H18N2/c1-10(2)13-8-12-4-3-7-15-14(12)16(13)9-11-5-6-11/h3-4,7-8,10-11H,5-6,9H2,1-2H3. The van der Waals surface area contributed by atoms with Crippen LogP contribution in [0, 0.1) is 5.92 Å². The van der Waals surface area contributed by atoms with Gasteiger partial charge in [-0.15, -0.1) is 0 Å². The van der Waals surface area contributed by atoms with Crippen molar-refractivity contribution in [3.63, 3.8) is 0 Å². The molecule has 1 aliphatic carbocycles. The van der Waals surface area contributed by atoms with Gasteiger partial charge in [-0.25, -0.2) is 4.98 Å². The highest BCUT2D eigenvalue weighted by Gasteiger charge is 2.24. The maximum atomic E-state index is 4.53. The minimum Gasteiger partial charge on any atom is -0.329 e. The van der Waals surface area contributed by atoms with Crippen LogP contribution < -0.4 is 0 Å². The molecule has 0 saturated heterocycles. The van der Waals surface area contributed by atoms with E-state index in [2.05, 4.69) is 35.5 Å². The first-order chi connectivity index (χ1) is 7.75. The van der Waals surface area contributed by atoms with Crippen LogP contribution >= 0.6 is 0 Å². The summed E-state index contributed by atoms with van der Waals surface area (Å²) >= 11 is 0. The quantitative estimate of drug-likeness (QED) is 0.763. The van der Waals surface area contributed by atoms with Gasteiger partial charge in [0, 0.05) is 23.8 Å². The summed E-state index contributed by atoms with van der Waals surface area (Å²) in [7, 11) is 0. The van der Waals surface area contributed by atoms with Gasteiger partial charge in [-0.2, -0.15) is 0 Å². The molecule has 0 radical (unpaired) electrons. The fourth-order valence-corrected chi connectivity index (χ4v) is 2.34. The third kappa shape index (κ3) is 1.62. The predicted octanol–water partition coefficient (Wildman–Crippen LogP) is 3.57. The van der Waals surface area contributed by atoms with Crippen molar-refractivity contribution in [1.82, 2.24) is 9.55 Å². The van der Waals surface area contributed by atoms with Crippen LogP contribution in [0.2, 0.25) is 0 Å². The van der Waals surface area contributed by atoms with Crippen LogP contribution in [0.1, 0.15) is 38.3 Å². The lowest BCUT2D eigenvalue weighted by atomic mass is 10.1. The summed E-state index contributed by atoms with van der Waals surface area (Å²) in [6, 6.07) is 6.49. The Hall–Kier alpha value is -1.31. The third-order valence-electron chi connectivity index (χ3n) is 3.42. The van der Waals surface area contributed by atoms with Crippen molar-refractivity contribution >= 4 is 11.0 Å². The average molecular weight is 214 g/mol. The normalized spacial score (nSPS) is 16.2. The van der Waals surface area contributed by atoms with Gasteiger partial charge in [0.1, 0.15) is 5.65 Å². The van der Waals surface area contributed by atoms with Gasteiger partial charge in [0.15, 0.2) is 0 Å². The fourth-order valence-electron chi connectivity index (χ4n) is 2.34. The van der Waals surface area contributed by atoms with Crippen molar-refractivity contribution in [3.05, 3.63) is 30.1 Å². The molecule has 0 bridgehead atoms. The summed E-state index contributed by atoms with van der Waals surface area (Å²) < 4.78 is 2.43. The van der Waals surface area contributed by atoms with Crippen molar-refractivity contribution in [3.8, 4) is 0 Å². The lowest BCUT2D eigenvalue weighted by Gasteiger charge is -2.11. The number of hydrogen-bond donors (Lipinski definition) is 0. The van der Waals surface area contributed by atoms with E-state index < -0.39 is 0 Å². The largest absolute Gasteiger partial charge is 0.329 e. The summed E-state index contributed by atoms with van der Waals surface area (Å²) in [6.45, 7) is 5.68. The molecule has 2 aromatic rings. The highest BCUT2D eigenvalue weighted by molar-refractivity contribution is 5.77.